The van der Waals surface area contributed by atoms with Gasteiger partial charge in [-0.3, -0.25) is 9.78 Å². The minimum atomic E-state index is -3.48. The van der Waals surface area contributed by atoms with Gasteiger partial charge in [-0.05, 0) is 25.0 Å². The Hall–Kier alpha value is -2.35. The topological polar surface area (TPSA) is 93.1 Å². The van der Waals surface area contributed by atoms with Gasteiger partial charge in [0.05, 0.1) is 5.69 Å². The van der Waals surface area contributed by atoms with Crippen molar-refractivity contribution in [2.24, 2.45) is 5.92 Å². The van der Waals surface area contributed by atoms with E-state index < -0.39 is 9.84 Å². The second kappa shape index (κ2) is 7.72. The lowest BCUT2D eigenvalue weighted by atomic mass is 9.93. The summed E-state index contributed by atoms with van der Waals surface area (Å²) >= 11 is 0. The number of likely N-dealkylation sites (tertiary alicyclic amines) is 1. The first-order valence-electron chi connectivity index (χ1n) is 9.03. The van der Waals surface area contributed by atoms with Crippen molar-refractivity contribution in [3.05, 3.63) is 36.4 Å². The molecule has 27 heavy (non-hydrogen) atoms. The van der Waals surface area contributed by atoms with E-state index in [0.717, 1.165) is 18.4 Å². The number of carbonyl (C=O) groups is 1. The molecule has 0 saturated carbocycles. The summed E-state index contributed by atoms with van der Waals surface area (Å²) in [6.45, 7) is 4.92. The summed E-state index contributed by atoms with van der Waals surface area (Å²) in [5.41, 5.74) is 1.22. The maximum atomic E-state index is 12.4. The molecule has 0 radical (unpaired) electrons. The Kier molecular flexibility index (Phi) is 5.55. The van der Waals surface area contributed by atoms with E-state index in [1.807, 2.05) is 24.8 Å². The van der Waals surface area contributed by atoms with Crippen molar-refractivity contribution >= 4 is 15.7 Å². The van der Waals surface area contributed by atoms with E-state index in [1.165, 1.54) is 12.5 Å². The van der Waals surface area contributed by atoms with Crippen LogP contribution in [0.1, 0.15) is 38.3 Å². The highest BCUT2D eigenvalue weighted by Crippen LogP contribution is 2.31. The smallest absolute Gasteiger partial charge is 0.225 e. The summed E-state index contributed by atoms with van der Waals surface area (Å²) in [5.74, 6) is 0.305. The number of nitrogens with zero attached hydrogens (tertiary/aromatic N) is 4. The molecule has 0 spiro atoms. The number of amides is 1. The number of aromatic nitrogens is 3. The van der Waals surface area contributed by atoms with Crippen LogP contribution in [0.2, 0.25) is 0 Å². The zero-order chi connectivity index (χ0) is 19.6. The van der Waals surface area contributed by atoms with E-state index in [4.69, 9.17) is 0 Å². The molecule has 8 heteroatoms. The minimum Gasteiger partial charge on any atom is -0.342 e. The molecule has 0 unspecified atom stereocenters. The zero-order valence-electron chi connectivity index (χ0n) is 15.8. The highest BCUT2D eigenvalue weighted by Gasteiger charge is 2.30. The maximum absolute atomic E-state index is 12.4. The van der Waals surface area contributed by atoms with Crippen molar-refractivity contribution < 1.29 is 13.2 Å². The molecule has 1 fully saturated rings. The van der Waals surface area contributed by atoms with Gasteiger partial charge in [-0.1, -0.05) is 13.8 Å². The molecule has 1 aliphatic heterocycles. The normalized spacial score (nSPS) is 17.9. The zero-order valence-corrected chi connectivity index (χ0v) is 16.6. The monoisotopic (exact) mass is 388 g/mol. The van der Waals surface area contributed by atoms with Crippen molar-refractivity contribution in [2.45, 2.75) is 37.5 Å². The maximum Gasteiger partial charge on any atom is 0.225 e. The Morgan fingerprint density at radius 2 is 2.07 bits per heavy atom. The summed E-state index contributed by atoms with van der Waals surface area (Å²) in [4.78, 5) is 27.3. The molecule has 1 aliphatic rings. The van der Waals surface area contributed by atoms with Crippen molar-refractivity contribution in [1.29, 1.82) is 0 Å². The number of sulfone groups is 1. The number of carbonyl (C=O) groups excluding carboxylic acids is 1. The summed E-state index contributed by atoms with van der Waals surface area (Å²) in [5, 5.41) is 0. The second-order valence-electron chi connectivity index (χ2n) is 7.24. The van der Waals surface area contributed by atoms with Crippen LogP contribution in [0.3, 0.4) is 0 Å². The van der Waals surface area contributed by atoms with Gasteiger partial charge in [-0.15, -0.1) is 0 Å². The van der Waals surface area contributed by atoms with Crippen molar-refractivity contribution in [3.63, 3.8) is 0 Å². The largest absolute Gasteiger partial charge is 0.342 e. The fourth-order valence-corrected chi connectivity index (χ4v) is 4.20. The number of hydrogen-bond donors (Lipinski definition) is 0. The molecule has 1 amide bonds. The lowest BCUT2D eigenvalue weighted by Crippen LogP contribution is -2.41. The fraction of sp³-hybridized carbons (Fsp3) is 0.474. The Balaban J connectivity index is 2.02. The lowest BCUT2D eigenvalue weighted by Gasteiger charge is -2.34. The summed E-state index contributed by atoms with van der Waals surface area (Å²) < 4.78 is 24.6. The van der Waals surface area contributed by atoms with Crippen LogP contribution in [0, 0.1) is 5.92 Å². The molecule has 0 N–H and O–H groups in total. The van der Waals surface area contributed by atoms with Gasteiger partial charge in [0.15, 0.2) is 15.7 Å². The molecule has 3 rings (SSSR count). The van der Waals surface area contributed by atoms with E-state index in [0.29, 0.717) is 24.6 Å². The molecule has 3 heterocycles. The summed E-state index contributed by atoms with van der Waals surface area (Å²) in [6.07, 6.45) is 7.45. The van der Waals surface area contributed by atoms with Crippen molar-refractivity contribution in [2.75, 3.05) is 19.3 Å². The van der Waals surface area contributed by atoms with Gasteiger partial charge >= 0.3 is 0 Å². The average Bonchev–Trinajstić information content (AvgIpc) is 2.67. The van der Waals surface area contributed by atoms with Crippen molar-refractivity contribution in [1.82, 2.24) is 19.9 Å². The van der Waals surface area contributed by atoms with Gasteiger partial charge in [0.25, 0.3) is 0 Å². The van der Waals surface area contributed by atoms with Crippen LogP contribution in [-0.4, -0.2) is 53.5 Å². The van der Waals surface area contributed by atoms with Crippen LogP contribution in [0.15, 0.2) is 35.6 Å². The highest BCUT2D eigenvalue weighted by atomic mass is 32.2. The molecule has 1 atom stereocenters. The van der Waals surface area contributed by atoms with E-state index in [-0.39, 0.29) is 22.6 Å². The minimum absolute atomic E-state index is 0.0853. The lowest BCUT2D eigenvalue weighted by molar-refractivity contribution is -0.135. The van der Waals surface area contributed by atoms with Gasteiger partial charge in [0.1, 0.15) is 4.90 Å². The SMILES string of the molecule is CC(C)C(=O)N1CCC[C@@H](c2nc(-c3cccnc3)ncc2S(C)(=O)=O)C1. The molecule has 0 aliphatic carbocycles. The van der Waals surface area contributed by atoms with Gasteiger partial charge < -0.3 is 4.90 Å². The number of pyridine rings is 1. The molecule has 0 aromatic carbocycles. The predicted octanol–water partition coefficient (Wildman–Crippen LogP) is 2.30. The number of piperidine rings is 1. The molecule has 144 valence electrons. The van der Waals surface area contributed by atoms with Crippen LogP contribution in [-0.2, 0) is 14.6 Å². The third-order valence-corrected chi connectivity index (χ3v) is 5.83. The van der Waals surface area contributed by atoms with Crippen LogP contribution < -0.4 is 0 Å². The van der Waals surface area contributed by atoms with E-state index in [9.17, 15) is 13.2 Å². The van der Waals surface area contributed by atoms with Gasteiger partial charge in [-0.2, -0.15) is 0 Å². The first kappa shape index (κ1) is 19.4. The first-order chi connectivity index (χ1) is 12.8. The van der Waals surface area contributed by atoms with Gasteiger partial charge in [0, 0.05) is 55.3 Å². The van der Waals surface area contributed by atoms with E-state index in [2.05, 4.69) is 15.0 Å². The number of hydrogen-bond acceptors (Lipinski definition) is 6. The molecular weight excluding hydrogens is 364 g/mol. The predicted molar refractivity (Wildman–Crippen MR) is 102 cm³/mol. The third-order valence-electron chi connectivity index (χ3n) is 4.72. The quantitative estimate of drug-likeness (QED) is 0.798. The van der Waals surface area contributed by atoms with Crippen LogP contribution >= 0.6 is 0 Å². The molecule has 0 bridgehead atoms. The summed E-state index contributed by atoms with van der Waals surface area (Å²) in [6, 6.07) is 3.62. The third kappa shape index (κ3) is 4.32. The standard InChI is InChI=1S/C19H24N4O3S/c1-13(2)19(24)23-9-5-7-15(12-23)17-16(27(3,25)26)11-21-18(22-17)14-6-4-8-20-10-14/h4,6,8,10-11,13,15H,5,7,9,12H2,1-3H3/t15-/m1/s1. The Morgan fingerprint density at radius 1 is 1.30 bits per heavy atom. The van der Waals surface area contributed by atoms with Crippen LogP contribution in [0.25, 0.3) is 11.4 Å². The first-order valence-corrected chi connectivity index (χ1v) is 10.9. The van der Waals surface area contributed by atoms with Gasteiger partial charge in [0.2, 0.25) is 5.91 Å². The van der Waals surface area contributed by atoms with Gasteiger partial charge in [-0.25, -0.2) is 18.4 Å². The highest BCUT2D eigenvalue weighted by molar-refractivity contribution is 7.90. The molecule has 1 saturated heterocycles. The Bertz CT molecular complexity index is 929. The van der Waals surface area contributed by atoms with Crippen LogP contribution in [0.4, 0.5) is 0 Å². The molecule has 7 nitrogen and oxygen atoms in total. The molecule has 2 aromatic heterocycles. The Labute approximate surface area is 159 Å². The fourth-order valence-electron chi connectivity index (χ4n) is 3.36. The number of rotatable bonds is 4. The molecular formula is C19H24N4O3S. The van der Waals surface area contributed by atoms with Crippen LogP contribution in [0.5, 0.6) is 0 Å². The Morgan fingerprint density at radius 3 is 2.70 bits per heavy atom. The second-order valence-corrected chi connectivity index (χ2v) is 9.22. The van der Waals surface area contributed by atoms with Crippen molar-refractivity contribution in [3.8, 4) is 11.4 Å². The van der Waals surface area contributed by atoms with E-state index >= 15 is 0 Å². The average molecular weight is 388 g/mol. The molecule has 2 aromatic rings. The summed E-state index contributed by atoms with van der Waals surface area (Å²) in [7, 11) is -3.48. The van der Waals surface area contributed by atoms with E-state index in [1.54, 1.807) is 18.5 Å².